The fourth-order valence-corrected chi connectivity index (χ4v) is 5.71. The highest BCUT2D eigenvalue weighted by molar-refractivity contribution is 7.92. The molecule has 1 fully saturated rings. The van der Waals surface area contributed by atoms with Crippen LogP contribution in [0.4, 0.5) is 28.8 Å². The number of hydrogen-bond donors (Lipinski definition) is 4. The van der Waals surface area contributed by atoms with Crippen molar-refractivity contribution in [3.8, 4) is 0 Å². The van der Waals surface area contributed by atoms with Gasteiger partial charge in [0.2, 0.25) is 11.9 Å². The molecule has 210 valence electrons. The highest BCUT2D eigenvalue weighted by Gasteiger charge is 2.23. The van der Waals surface area contributed by atoms with Crippen LogP contribution >= 0.6 is 0 Å². The van der Waals surface area contributed by atoms with Gasteiger partial charge in [0.05, 0.1) is 27.9 Å². The lowest BCUT2D eigenvalue weighted by Gasteiger charge is -2.31. The average molecular weight is 563 g/mol. The molecule has 2 aromatic carbocycles. The SMILES string of the molecule is CC(C)S(=O)(=O)c1ccccc1Nc1nc(Nc2cccc(NC(=O)CN3CCN(C)CC3)c2)nc2cc[nH]c12. The van der Waals surface area contributed by atoms with Crippen LogP contribution in [-0.2, 0) is 14.6 Å². The predicted octanol–water partition coefficient (Wildman–Crippen LogP) is 3.81. The smallest absolute Gasteiger partial charge is 0.238 e. The molecule has 11 nitrogen and oxygen atoms in total. The molecule has 40 heavy (non-hydrogen) atoms. The molecule has 0 aliphatic carbocycles. The Morgan fingerprint density at radius 2 is 1.73 bits per heavy atom. The number of para-hydroxylation sites is 1. The summed E-state index contributed by atoms with van der Waals surface area (Å²) in [7, 11) is -1.44. The zero-order valence-corrected chi connectivity index (χ0v) is 23.6. The number of nitrogens with zero attached hydrogens (tertiary/aromatic N) is 4. The summed E-state index contributed by atoms with van der Waals surface area (Å²) in [5, 5.41) is 8.82. The molecule has 0 atom stereocenters. The Balaban J connectivity index is 1.35. The molecule has 12 heteroatoms. The predicted molar refractivity (Wildman–Crippen MR) is 158 cm³/mol. The standard InChI is InChI=1S/C28H34N8O3S/c1-19(2)40(38,39)24-10-5-4-9-22(24)32-27-26-23(11-12-29-26)33-28(34-27)31-21-8-6-7-20(17-21)30-25(37)18-36-15-13-35(3)14-16-36/h4-12,17,19,29H,13-16,18H2,1-3H3,(H,30,37)(H2,31,32,33,34). The number of carbonyl (C=O) groups is 1. The van der Waals surface area contributed by atoms with Crippen molar-refractivity contribution in [3.63, 3.8) is 0 Å². The van der Waals surface area contributed by atoms with E-state index in [0.717, 1.165) is 26.2 Å². The van der Waals surface area contributed by atoms with E-state index in [1.165, 1.54) is 0 Å². The number of aromatic amines is 1. The van der Waals surface area contributed by atoms with Gasteiger partial charge in [-0.1, -0.05) is 18.2 Å². The van der Waals surface area contributed by atoms with E-state index in [0.29, 0.717) is 46.4 Å². The minimum absolute atomic E-state index is 0.0619. The lowest BCUT2D eigenvalue weighted by Crippen LogP contribution is -2.47. The van der Waals surface area contributed by atoms with Crippen molar-refractivity contribution in [2.45, 2.75) is 24.0 Å². The second-order valence-electron chi connectivity index (χ2n) is 10.2. The number of amides is 1. The molecule has 1 saturated heterocycles. The maximum absolute atomic E-state index is 13.0. The number of fused-ring (bicyclic) bond motifs is 1. The van der Waals surface area contributed by atoms with Crippen molar-refractivity contribution in [3.05, 3.63) is 60.8 Å². The van der Waals surface area contributed by atoms with Crippen LogP contribution in [0.15, 0.2) is 65.7 Å². The van der Waals surface area contributed by atoms with E-state index >= 15 is 0 Å². The van der Waals surface area contributed by atoms with Crippen molar-refractivity contribution < 1.29 is 13.2 Å². The van der Waals surface area contributed by atoms with E-state index < -0.39 is 15.1 Å². The van der Waals surface area contributed by atoms with Crippen LogP contribution < -0.4 is 16.0 Å². The normalized spacial score (nSPS) is 14.9. The van der Waals surface area contributed by atoms with Gasteiger partial charge < -0.3 is 25.8 Å². The van der Waals surface area contributed by atoms with Crippen molar-refractivity contribution in [1.29, 1.82) is 0 Å². The Morgan fingerprint density at radius 1 is 0.975 bits per heavy atom. The van der Waals surface area contributed by atoms with E-state index in [1.54, 1.807) is 44.3 Å². The highest BCUT2D eigenvalue weighted by atomic mass is 32.2. The summed E-state index contributed by atoms with van der Waals surface area (Å²) in [5.41, 5.74) is 3.09. The van der Waals surface area contributed by atoms with E-state index in [1.807, 2.05) is 30.3 Å². The fourth-order valence-electron chi connectivity index (χ4n) is 4.50. The molecule has 0 saturated carbocycles. The van der Waals surface area contributed by atoms with E-state index in [2.05, 4.69) is 47.7 Å². The number of benzene rings is 2. The van der Waals surface area contributed by atoms with Crippen LogP contribution in [0.5, 0.6) is 0 Å². The maximum Gasteiger partial charge on any atom is 0.238 e. The molecule has 4 aromatic rings. The van der Waals surface area contributed by atoms with Gasteiger partial charge in [-0.15, -0.1) is 0 Å². The Morgan fingerprint density at radius 3 is 2.50 bits per heavy atom. The van der Waals surface area contributed by atoms with E-state index in [-0.39, 0.29) is 10.8 Å². The third kappa shape index (κ3) is 6.24. The number of sulfone groups is 1. The van der Waals surface area contributed by atoms with Gasteiger partial charge in [-0.3, -0.25) is 9.69 Å². The lowest BCUT2D eigenvalue weighted by molar-refractivity contribution is -0.117. The van der Waals surface area contributed by atoms with E-state index in [9.17, 15) is 13.2 Å². The average Bonchev–Trinajstić information content (AvgIpc) is 3.39. The van der Waals surface area contributed by atoms with Gasteiger partial charge in [-0.05, 0) is 57.3 Å². The number of hydrogen-bond acceptors (Lipinski definition) is 9. The number of piperazine rings is 1. The molecule has 5 rings (SSSR count). The fraction of sp³-hybridized carbons (Fsp3) is 0.321. The number of aromatic nitrogens is 3. The molecule has 2 aromatic heterocycles. The third-order valence-corrected chi connectivity index (χ3v) is 9.05. The summed E-state index contributed by atoms with van der Waals surface area (Å²) in [6.45, 7) is 7.31. The minimum atomic E-state index is -3.52. The zero-order chi connectivity index (χ0) is 28.3. The number of likely N-dealkylation sites (N-methyl/N-ethyl adjacent to an activating group) is 1. The van der Waals surface area contributed by atoms with Gasteiger partial charge in [0.25, 0.3) is 0 Å². The molecule has 0 radical (unpaired) electrons. The van der Waals surface area contributed by atoms with Crippen LogP contribution in [0, 0.1) is 0 Å². The van der Waals surface area contributed by atoms with Crippen LogP contribution in [0.25, 0.3) is 11.0 Å². The second kappa shape index (κ2) is 11.6. The summed E-state index contributed by atoms with van der Waals surface area (Å²) in [6.07, 6.45) is 1.75. The van der Waals surface area contributed by atoms with Crippen LogP contribution in [0.3, 0.4) is 0 Å². The van der Waals surface area contributed by atoms with Crippen LogP contribution in [-0.4, -0.2) is 84.1 Å². The largest absolute Gasteiger partial charge is 0.357 e. The molecule has 3 heterocycles. The van der Waals surface area contributed by atoms with Gasteiger partial charge in [-0.2, -0.15) is 4.98 Å². The Bertz CT molecular complexity index is 1610. The molecule has 1 aliphatic heterocycles. The first-order valence-corrected chi connectivity index (χ1v) is 14.8. The summed E-state index contributed by atoms with van der Waals surface area (Å²) in [5.74, 6) is 0.688. The highest BCUT2D eigenvalue weighted by Crippen LogP contribution is 2.30. The Labute approximate surface area is 233 Å². The summed E-state index contributed by atoms with van der Waals surface area (Å²) < 4.78 is 25.9. The molecule has 1 amide bonds. The molecule has 1 aliphatic rings. The number of H-pyrrole nitrogens is 1. The van der Waals surface area contributed by atoms with Gasteiger partial charge in [-0.25, -0.2) is 13.4 Å². The van der Waals surface area contributed by atoms with Gasteiger partial charge in [0.1, 0.15) is 5.52 Å². The van der Waals surface area contributed by atoms with Gasteiger partial charge in [0, 0.05) is 43.8 Å². The summed E-state index contributed by atoms with van der Waals surface area (Å²) >= 11 is 0. The monoisotopic (exact) mass is 562 g/mol. The summed E-state index contributed by atoms with van der Waals surface area (Å²) in [6, 6.07) is 16.0. The summed E-state index contributed by atoms with van der Waals surface area (Å²) in [4.78, 5) is 29.6. The first-order valence-electron chi connectivity index (χ1n) is 13.2. The maximum atomic E-state index is 13.0. The van der Waals surface area contributed by atoms with E-state index in [4.69, 9.17) is 0 Å². The van der Waals surface area contributed by atoms with Crippen LogP contribution in [0.1, 0.15) is 13.8 Å². The first kappa shape index (κ1) is 27.6. The molecule has 0 spiro atoms. The number of rotatable bonds is 9. The van der Waals surface area contributed by atoms with Crippen molar-refractivity contribution in [1.82, 2.24) is 24.8 Å². The third-order valence-electron chi connectivity index (χ3n) is 6.84. The Kier molecular flexibility index (Phi) is 8.01. The number of anilines is 5. The molecule has 0 bridgehead atoms. The number of nitrogens with one attached hydrogen (secondary N) is 4. The van der Waals surface area contributed by atoms with Crippen molar-refractivity contribution in [2.75, 3.05) is 55.7 Å². The topological polar surface area (TPSA) is 135 Å². The molecular weight excluding hydrogens is 528 g/mol. The van der Waals surface area contributed by atoms with Gasteiger partial charge in [0.15, 0.2) is 15.7 Å². The van der Waals surface area contributed by atoms with Crippen molar-refractivity contribution >= 4 is 55.6 Å². The van der Waals surface area contributed by atoms with Gasteiger partial charge >= 0.3 is 0 Å². The van der Waals surface area contributed by atoms with Crippen LogP contribution in [0.2, 0.25) is 0 Å². The Hall–Kier alpha value is -4.00. The second-order valence-corrected chi connectivity index (χ2v) is 12.7. The van der Waals surface area contributed by atoms with Crippen molar-refractivity contribution in [2.24, 2.45) is 0 Å². The quantitative estimate of drug-likeness (QED) is 0.240. The zero-order valence-electron chi connectivity index (χ0n) is 22.8. The molecular formula is C28H34N8O3S. The molecule has 4 N–H and O–H groups in total. The minimum Gasteiger partial charge on any atom is -0.357 e. The lowest BCUT2D eigenvalue weighted by atomic mass is 10.2. The first-order chi connectivity index (χ1) is 19.2. The number of carbonyl (C=O) groups excluding carboxylic acids is 1. The molecule has 0 unspecified atom stereocenters.